The molecule has 0 aliphatic carbocycles. The molecule has 1 nitrogen and oxygen atoms in total. The van der Waals surface area contributed by atoms with E-state index in [0.717, 1.165) is 12.3 Å². The lowest BCUT2D eigenvalue weighted by molar-refractivity contribution is -0.137. The van der Waals surface area contributed by atoms with Crippen LogP contribution in [0.25, 0.3) is 0 Å². The Morgan fingerprint density at radius 2 is 1.79 bits per heavy atom. The molecule has 4 heteroatoms. The van der Waals surface area contributed by atoms with Gasteiger partial charge in [-0.15, -0.1) is 0 Å². The normalized spacial score (nSPS) is 10.4. The zero-order chi connectivity index (χ0) is 11.0. The van der Waals surface area contributed by atoms with E-state index in [1.807, 2.05) is 0 Å². The van der Waals surface area contributed by atoms with Gasteiger partial charge in [-0.25, -0.2) is 0 Å². The van der Waals surface area contributed by atoms with Crippen molar-refractivity contribution in [3.63, 3.8) is 0 Å². The molecule has 14 heavy (non-hydrogen) atoms. The molecule has 0 N–H and O–H groups in total. The summed E-state index contributed by atoms with van der Waals surface area (Å²) in [6, 6.07) is 2.23. The molecule has 1 heterocycles. The number of alkyl halides is 3. The summed E-state index contributed by atoms with van der Waals surface area (Å²) >= 11 is 0. The minimum Gasteiger partial charge on any atom is -0.264 e. The number of nitrogens with zero attached hydrogens (tertiary/aromatic N) is 1. The van der Waals surface area contributed by atoms with Crippen LogP contribution >= 0.6 is 0 Å². The monoisotopic (exact) mass is 205 g/mol. The highest BCUT2D eigenvalue weighted by molar-refractivity contribution is 5.11. The molecule has 0 unspecified atom stereocenters. The Balaban J connectivity index is 0.000000364. The number of hydrogen-bond acceptors (Lipinski definition) is 1. The highest BCUT2D eigenvalue weighted by Gasteiger charge is 2.30. The maximum Gasteiger partial charge on any atom is 0.417 e. The third-order valence-electron chi connectivity index (χ3n) is 1.49. The van der Waals surface area contributed by atoms with E-state index in [2.05, 4.69) is 18.8 Å². The molecule has 0 aliphatic heterocycles. The van der Waals surface area contributed by atoms with Gasteiger partial charge < -0.3 is 0 Å². The minimum atomic E-state index is -4.27. The average Bonchev–Trinajstić information content (AvgIpc) is 2.18. The summed E-state index contributed by atoms with van der Waals surface area (Å²) < 4.78 is 35.2. The standard InChI is InChI=1S/C6H4F3N.C4H10/c7-6(8,9)5-2-1-3-10-4-5;1-3-4-2/h1-4H;3-4H2,1-2H3. The molecule has 0 atom stereocenters. The summed E-state index contributed by atoms with van der Waals surface area (Å²) in [6.07, 6.45) is 0.462. The van der Waals surface area contributed by atoms with Crippen LogP contribution in [0.3, 0.4) is 0 Å². The molecule has 0 saturated heterocycles. The summed E-state index contributed by atoms with van der Waals surface area (Å²) in [4.78, 5) is 3.33. The van der Waals surface area contributed by atoms with Crippen molar-refractivity contribution in [2.75, 3.05) is 0 Å². The Kier molecular flexibility index (Phi) is 5.92. The lowest BCUT2D eigenvalue weighted by atomic mass is 10.3. The maximum atomic E-state index is 11.7. The topological polar surface area (TPSA) is 12.9 Å². The Labute approximate surface area is 82.0 Å². The molecular formula is C10H14F3N. The summed E-state index contributed by atoms with van der Waals surface area (Å²) in [6.45, 7) is 4.36. The van der Waals surface area contributed by atoms with Crippen molar-refractivity contribution in [1.82, 2.24) is 4.98 Å². The van der Waals surface area contributed by atoms with Crippen molar-refractivity contribution in [3.05, 3.63) is 30.1 Å². The zero-order valence-corrected chi connectivity index (χ0v) is 8.30. The van der Waals surface area contributed by atoms with E-state index < -0.39 is 11.7 Å². The Morgan fingerprint density at radius 3 is 2.00 bits per heavy atom. The van der Waals surface area contributed by atoms with Crippen LogP contribution in [-0.4, -0.2) is 4.98 Å². The first kappa shape index (κ1) is 12.9. The maximum absolute atomic E-state index is 11.7. The SMILES string of the molecule is CCCC.FC(F)(F)c1cccnc1. The highest BCUT2D eigenvalue weighted by atomic mass is 19.4. The van der Waals surface area contributed by atoms with Crippen molar-refractivity contribution >= 4 is 0 Å². The van der Waals surface area contributed by atoms with Gasteiger partial charge in [-0.2, -0.15) is 13.2 Å². The first-order chi connectivity index (χ1) is 6.52. The number of hydrogen-bond donors (Lipinski definition) is 0. The van der Waals surface area contributed by atoms with Crippen LogP contribution in [0.5, 0.6) is 0 Å². The van der Waals surface area contributed by atoms with Crippen LogP contribution < -0.4 is 0 Å². The number of aromatic nitrogens is 1. The van der Waals surface area contributed by atoms with Crippen molar-refractivity contribution in [1.29, 1.82) is 0 Å². The van der Waals surface area contributed by atoms with Gasteiger partial charge in [-0.05, 0) is 12.1 Å². The molecule has 0 saturated carbocycles. The fraction of sp³-hybridized carbons (Fsp3) is 0.500. The van der Waals surface area contributed by atoms with Gasteiger partial charge in [0.1, 0.15) is 0 Å². The van der Waals surface area contributed by atoms with Crippen LogP contribution in [0.15, 0.2) is 24.5 Å². The predicted molar refractivity (Wildman–Crippen MR) is 49.8 cm³/mol. The van der Waals surface area contributed by atoms with E-state index in [1.165, 1.54) is 25.1 Å². The van der Waals surface area contributed by atoms with Gasteiger partial charge in [-0.3, -0.25) is 4.98 Å². The molecule has 0 spiro atoms. The molecule has 0 radical (unpaired) electrons. The van der Waals surface area contributed by atoms with Gasteiger partial charge in [0.25, 0.3) is 0 Å². The fourth-order valence-corrected chi connectivity index (χ4v) is 0.530. The number of halogens is 3. The largest absolute Gasteiger partial charge is 0.417 e. The molecule has 0 amide bonds. The average molecular weight is 205 g/mol. The zero-order valence-electron chi connectivity index (χ0n) is 8.30. The first-order valence-electron chi connectivity index (χ1n) is 4.49. The van der Waals surface area contributed by atoms with E-state index in [1.54, 1.807) is 0 Å². The van der Waals surface area contributed by atoms with Crippen LogP contribution in [0.1, 0.15) is 32.3 Å². The summed E-state index contributed by atoms with van der Waals surface area (Å²) in [5.41, 5.74) is -0.713. The Bertz CT molecular complexity index is 229. The molecule has 0 bridgehead atoms. The molecule has 1 rings (SSSR count). The van der Waals surface area contributed by atoms with Gasteiger partial charge in [-0.1, -0.05) is 26.7 Å². The van der Waals surface area contributed by atoms with Gasteiger partial charge in [0.15, 0.2) is 0 Å². The van der Waals surface area contributed by atoms with Gasteiger partial charge in [0.05, 0.1) is 5.56 Å². The smallest absolute Gasteiger partial charge is 0.264 e. The number of unbranched alkanes of at least 4 members (excludes halogenated alkanes) is 1. The number of rotatable bonds is 1. The second-order valence-electron chi connectivity index (χ2n) is 2.74. The Morgan fingerprint density at radius 1 is 1.21 bits per heavy atom. The summed E-state index contributed by atoms with van der Waals surface area (Å²) in [5.74, 6) is 0. The van der Waals surface area contributed by atoms with Crippen molar-refractivity contribution in [2.24, 2.45) is 0 Å². The second kappa shape index (κ2) is 6.40. The van der Waals surface area contributed by atoms with Gasteiger partial charge in [0, 0.05) is 12.4 Å². The van der Waals surface area contributed by atoms with Crippen LogP contribution in [0.4, 0.5) is 13.2 Å². The van der Waals surface area contributed by atoms with Gasteiger partial charge in [0.2, 0.25) is 0 Å². The first-order valence-corrected chi connectivity index (χ1v) is 4.49. The van der Waals surface area contributed by atoms with Gasteiger partial charge >= 0.3 is 6.18 Å². The van der Waals surface area contributed by atoms with Crippen LogP contribution in [-0.2, 0) is 6.18 Å². The van der Waals surface area contributed by atoms with E-state index in [0.29, 0.717) is 0 Å². The predicted octanol–water partition coefficient (Wildman–Crippen LogP) is 3.91. The molecule has 0 fully saturated rings. The fourth-order valence-electron chi connectivity index (χ4n) is 0.530. The Hall–Kier alpha value is -1.06. The molecule has 0 aromatic carbocycles. The van der Waals surface area contributed by atoms with E-state index in [9.17, 15) is 13.2 Å². The van der Waals surface area contributed by atoms with E-state index >= 15 is 0 Å². The lowest BCUT2D eigenvalue weighted by Gasteiger charge is -2.03. The van der Waals surface area contributed by atoms with Crippen molar-refractivity contribution in [3.8, 4) is 0 Å². The molecule has 1 aromatic heterocycles. The second-order valence-corrected chi connectivity index (χ2v) is 2.74. The van der Waals surface area contributed by atoms with Crippen LogP contribution in [0.2, 0.25) is 0 Å². The quantitative estimate of drug-likeness (QED) is 0.677. The van der Waals surface area contributed by atoms with Crippen LogP contribution in [0, 0.1) is 0 Å². The van der Waals surface area contributed by atoms with E-state index in [-0.39, 0.29) is 0 Å². The van der Waals surface area contributed by atoms with E-state index in [4.69, 9.17) is 0 Å². The highest BCUT2D eigenvalue weighted by Crippen LogP contribution is 2.27. The molecular weight excluding hydrogens is 191 g/mol. The van der Waals surface area contributed by atoms with Crippen molar-refractivity contribution < 1.29 is 13.2 Å². The third kappa shape index (κ3) is 5.56. The van der Waals surface area contributed by atoms with Crippen molar-refractivity contribution in [2.45, 2.75) is 32.9 Å². The molecule has 1 aromatic rings. The number of pyridine rings is 1. The minimum absolute atomic E-state index is 0.713. The molecule has 80 valence electrons. The lowest BCUT2D eigenvalue weighted by Crippen LogP contribution is -2.04. The summed E-state index contributed by atoms with van der Waals surface area (Å²) in [7, 11) is 0. The molecule has 0 aliphatic rings. The summed E-state index contributed by atoms with van der Waals surface area (Å²) in [5, 5.41) is 0. The third-order valence-corrected chi connectivity index (χ3v) is 1.49.